The maximum absolute atomic E-state index is 10.4. The monoisotopic (exact) mass is 393 g/mol. The number of aryl methyl sites for hydroxylation is 1. The molecule has 0 saturated carbocycles. The fraction of sp³-hybridized carbons (Fsp3) is 0.0800. The first-order valence-electron chi connectivity index (χ1n) is 9.71. The average Bonchev–Trinajstić information content (AvgIpc) is 3.17. The Balaban J connectivity index is 1.42. The lowest BCUT2D eigenvalue weighted by Gasteiger charge is -2.07. The molecule has 146 valence electrons. The summed E-state index contributed by atoms with van der Waals surface area (Å²) in [6, 6.07) is 22.5. The zero-order valence-electron chi connectivity index (χ0n) is 16.4. The zero-order chi connectivity index (χ0) is 20.7. The minimum Gasteiger partial charge on any atom is -0.508 e. The Labute approximate surface area is 173 Å². The Morgan fingerprint density at radius 3 is 2.40 bits per heavy atom. The van der Waals surface area contributed by atoms with Crippen LogP contribution in [0, 0.1) is 6.92 Å². The molecule has 1 aliphatic heterocycles. The number of benzene rings is 4. The Bertz CT molecular complexity index is 1340. The van der Waals surface area contributed by atoms with Crippen molar-refractivity contribution in [2.45, 2.75) is 13.3 Å². The van der Waals surface area contributed by atoms with Gasteiger partial charge in [-0.15, -0.1) is 5.11 Å². The van der Waals surface area contributed by atoms with Crippen molar-refractivity contribution in [3.63, 3.8) is 0 Å². The number of phenolic OH excluding ortho intramolecular Hbond substituents is 2. The standard InChI is InChI=1S/C25H19N3O2/c1-15-12-24(30)25(21-5-3-2-4-20(15)21)28-27-18-8-6-16(7-9-18)23-14-17-13-19(29)10-11-22(17)26-23/h2-13,29-30H,14H2,1H3. The van der Waals surface area contributed by atoms with E-state index in [0.717, 1.165) is 38.9 Å². The number of aromatic hydroxyl groups is 2. The summed E-state index contributed by atoms with van der Waals surface area (Å²) >= 11 is 0. The number of azo groups is 1. The Morgan fingerprint density at radius 1 is 0.833 bits per heavy atom. The lowest BCUT2D eigenvalue weighted by atomic mass is 10.0. The van der Waals surface area contributed by atoms with Crippen LogP contribution in [0.15, 0.2) is 88.0 Å². The lowest BCUT2D eigenvalue weighted by Crippen LogP contribution is -1.99. The summed E-state index contributed by atoms with van der Waals surface area (Å²) in [7, 11) is 0. The molecule has 4 aromatic carbocycles. The molecule has 5 heteroatoms. The number of hydrogen-bond acceptors (Lipinski definition) is 5. The highest BCUT2D eigenvalue weighted by Crippen LogP contribution is 2.38. The third kappa shape index (κ3) is 3.20. The van der Waals surface area contributed by atoms with Crippen LogP contribution in [-0.4, -0.2) is 15.9 Å². The van der Waals surface area contributed by atoms with E-state index in [9.17, 15) is 10.2 Å². The van der Waals surface area contributed by atoms with Crippen LogP contribution in [0.5, 0.6) is 11.5 Å². The van der Waals surface area contributed by atoms with Crippen LogP contribution >= 0.6 is 0 Å². The van der Waals surface area contributed by atoms with E-state index in [-0.39, 0.29) is 11.5 Å². The summed E-state index contributed by atoms with van der Waals surface area (Å²) in [5, 5.41) is 30.6. The molecule has 0 fully saturated rings. The molecule has 4 aromatic rings. The van der Waals surface area contributed by atoms with Gasteiger partial charge in [-0.05, 0) is 65.4 Å². The van der Waals surface area contributed by atoms with Crippen LogP contribution in [0.3, 0.4) is 0 Å². The van der Waals surface area contributed by atoms with Crippen LogP contribution in [0.4, 0.5) is 17.1 Å². The summed E-state index contributed by atoms with van der Waals surface area (Å²) in [5.74, 6) is 0.376. The predicted octanol–water partition coefficient (Wildman–Crippen LogP) is 6.65. The van der Waals surface area contributed by atoms with E-state index in [1.165, 1.54) is 0 Å². The van der Waals surface area contributed by atoms with Crippen LogP contribution < -0.4 is 0 Å². The second kappa shape index (κ2) is 7.12. The number of aliphatic imine (C=N–C) groups is 1. The summed E-state index contributed by atoms with van der Waals surface area (Å²) in [6.45, 7) is 1.97. The van der Waals surface area contributed by atoms with Gasteiger partial charge in [-0.2, -0.15) is 5.11 Å². The van der Waals surface area contributed by atoms with Crippen molar-refractivity contribution in [3.8, 4) is 11.5 Å². The summed E-state index contributed by atoms with van der Waals surface area (Å²) in [5.41, 5.74) is 6.05. The fourth-order valence-electron chi connectivity index (χ4n) is 3.81. The van der Waals surface area contributed by atoms with Gasteiger partial charge < -0.3 is 10.2 Å². The topological polar surface area (TPSA) is 77.5 Å². The molecule has 0 unspecified atom stereocenters. The summed E-state index contributed by atoms with van der Waals surface area (Å²) in [4.78, 5) is 4.66. The molecule has 0 saturated heterocycles. The van der Waals surface area contributed by atoms with Crippen molar-refractivity contribution in [1.29, 1.82) is 0 Å². The Kier molecular flexibility index (Phi) is 4.29. The molecule has 0 amide bonds. The van der Waals surface area contributed by atoms with E-state index in [2.05, 4.69) is 15.2 Å². The van der Waals surface area contributed by atoms with Crippen molar-refractivity contribution < 1.29 is 10.2 Å². The van der Waals surface area contributed by atoms with Gasteiger partial charge in [0.15, 0.2) is 0 Å². The predicted molar refractivity (Wildman–Crippen MR) is 119 cm³/mol. The largest absolute Gasteiger partial charge is 0.508 e. The molecule has 0 aromatic heterocycles. The molecular formula is C25H19N3O2. The molecule has 5 rings (SSSR count). The number of hydrogen-bond donors (Lipinski definition) is 2. The van der Waals surface area contributed by atoms with Gasteiger partial charge in [0.2, 0.25) is 0 Å². The molecule has 0 radical (unpaired) electrons. The SMILES string of the molecule is Cc1cc(O)c(N=Nc2ccc(C3=Nc4ccc(O)cc4C3)cc2)c2ccccc12. The van der Waals surface area contributed by atoms with E-state index in [0.29, 0.717) is 17.8 Å². The van der Waals surface area contributed by atoms with Crippen LogP contribution in [0.1, 0.15) is 16.7 Å². The number of nitrogens with zero attached hydrogens (tertiary/aromatic N) is 3. The molecule has 0 aliphatic carbocycles. The molecule has 0 bridgehead atoms. The van der Waals surface area contributed by atoms with Crippen molar-refractivity contribution in [3.05, 3.63) is 89.5 Å². The van der Waals surface area contributed by atoms with Gasteiger partial charge in [-0.1, -0.05) is 36.4 Å². The maximum Gasteiger partial charge on any atom is 0.144 e. The van der Waals surface area contributed by atoms with Gasteiger partial charge in [0, 0.05) is 11.8 Å². The van der Waals surface area contributed by atoms with E-state index in [1.807, 2.05) is 61.5 Å². The smallest absolute Gasteiger partial charge is 0.144 e. The van der Waals surface area contributed by atoms with Crippen LogP contribution in [0.25, 0.3) is 10.8 Å². The fourth-order valence-corrected chi connectivity index (χ4v) is 3.81. The van der Waals surface area contributed by atoms with Gasteiger partial charge in [0.1, 0.15) is 17.2 Å². The van der Waals surface area contributed by atoms with Crippen molar-refractivity contribution in [2.75, 3.05) is 0 Å². The normalized spacial score (nSPS) is 13.0. The highest BCUT2D eigenvalue weighted by molar-refractivity contribution is 6.06. The summed E-state index contributed by atoms with van der Waals surface area (Å²) < 4.78 is 0. The molecule has 5 nitrogen and oxygen atoms in total. The van der Waals surface area contributed by atoms with E-state index in [4.69, 9.17) is 0 Å². The van der Waals surface area contributed by atoms with Gasteiger partial charge in [0.05, 0.1) is 17.1 Å². The van der Waals surface area contributed by atoms with E-state index in [1.54, 1.807) is 18.2 Å². The molecule has 2 N–H and O–H groups in total. The Hall–Kier alpha value is -3.99. The third-order valence-corrected chi connectivity index (χ3v) is 5.35. The minimum absolute atomic E-state index is 0.118. The number of fused-ring (bicyclic) bond motifs is 2. The molecule has 30 heavy (non-hydrogen) atoms. The van der Waals surface area contributed by atoms with Crippen molar-refractivity contribution in [2.24, 2.45) is 15.2 Å². The quantitative estimate of drug-likeness (QED) is 0.382. The zero-order valence-corrected chi connectivity index (χ0v) is 16.4. The molecule has 0 atom stereocenters. The molecule has 0 spiro atoms. The first kappa shape index (κ1) is 18.1. The summed E-state index contributed by atoms with van der Waals surface area (Å²) in [6.07, 6.45) is 0.688. The first-order valence-corrected chi connectivity index (χ1v) is 9.71. The van der Waals surface area contributed by atoms with E-state index < -0.39 is 0 Å². The Morgan fingerprint density at radius 2 is 1.60 bits per heavy atom. The van der Waals surface area contributed by atoms with Gasteiger partial charge >= 0.3 is 0 Å². The first-order chi connectivity index (χ1) is 14.6. The van der Waals surface area contributed by atoms with Crippen molar-refractivity contribution in [1.82, 2.24) is 0 Å². The highest BCUT2D eigenvalue weighted by atomic mass is 16.3. The third-order valence-electron chi connectivity index (χ3n) is 5.35. The second-order valence-electron chi connectivity index (χ2n) is 7.40. The lowest BCUT2D eigenvalue weighted by molar-refractivity contribution is 0.475. The van der Waals surface area contributed by atoms with E-state index >= 15 is 0 Å². The molecule has 1 aliphatic rings. The highest BCUT2D eigenvalue weighted by Gasteiger charge is 2.16. The van der Waals surface area contributed by atoms with Crippen LogP contribution in [-0.2, 0) is 6.42 Å². The van der Waals surface area contributed by atoms with Crippen molar-refractivity contribution >= 4 is 33.5 Å². The molecular weight excluding hydrogens is 374 g/mol. The maximum atomic E-state index is 10.4. The minimum atomic E-state index is 0.118. The average molecular weight is 393 g/mol. The number of rotatable bonds is 3. The van der Waals surface area contributed by atoms with Gasteiger partial charge in [-0.3, -0.25) is 4.99 Å². The second-order valence-corrected chi connectivity index (χ2v) is 7.40. The van der Waals surface area contributed by atoms with Gasteiger partial charge in [-0.25, -0.2) is 0 Å². The number of phenols is 2. The molecule has 1 heterocycles. The van der Waals surface area contributed by atoms with Gasteiger partial charge in [0.25, 0.3) is 0 Å². The van der Waals surface area contributed by atoms with Crippen LogP contribution in [0.2, 0.25) is 0 Å².